The molecule has 1 aliphatic carbocycles. The van der Waals surface area contributed by atoms with Crippen LogP contribution in [0.25, 0.3) is 0 Å². The third-order valence-corrected chi connectivity index (χ3v) is 5.86. The summed E-state index contributed by atoms with van der Waals surface area (Å²) in [5.74, 6) is 1.15. The molecular weight excluding hydrogens is 296 g/mol. The van der Waals surface area contributed by atoms with Gasteiger partial charge in [-0.3, -0.25) is 4.79 Å². The van der Waals surface area contributed by atoms with Crippen LogP contribution < -0.4 is 5.32 Å². The largest absolute Gasteiger partial charge is 0.349 e. The lowest BCUT2D eigenvalue weighted by Crippen LogP contribution is -2.35. The summed E-state index contributed by atoms with van der Waals surface area (Å²) >= 11 is 1.75. The lowest BCUT2D eigenvalue weighted by Gasteiger charge is -2.17. The van der Waals surface area contributed by atoms with Gasteiger partial charge in [-0.1, -0.05) is 0 Å². The normalized spacial score (nSPS) is 20.8. The predicted octanol–water partition coefficient (Wildman–Crippen LogP) is 2.35. The Morgan fingerprint density at radius 2 is 2.18 bits per heavy atom. The quantitative estimate of drug-likeness (QED) is 0.925. The number of hydrogen-bond donors (Lipinski definition) is 1. The molecule has 2 aromatic heterocycles. The topological polar surface area (TPSA) is 59.8 Å². The van der Waals surface area contributed by atoms with Gasteiger partial charge >= 0.3 is 0 Å². The Morgan fingerprint density at radius 3 is 3.14 bits per heavy atom. The number of carbonyl (C=O) groups is 1. The summed E-state index contributed by atoms with van der Waals surface area (Å²) in [7, 11) is 0. The van der Waals surface area contributed by atoms with Crippen molar-refractivity contribution in [3.63, 3.8) is 0 Å². The summed E-state index contributed by atoms with van der Waals surface area (Å²) in [4.78, 5) is 14.1. The van der Waals surface area contributed by atoms with Gasteiger partial charge < -0.3 is 9.88 Å². The number of thiophene rings is 1. The Bertz CT molecular complexity index is 668. The van der Waals surface area contributed by atoms with Crippen molar-refractivity contribution in [2.45, 2.75) is 57.5 Å². The third-order valence-electron chi connectivity index (χ3n) is 4.77. The monoisotopic (exact) mass is 316 g/mol. The van der Waals surface area contributed by atoms with Gasteiger partial charge in [-0.05, 0) is 44.1 Å². The molecule has 0 bridgehead atoms. The highest BCUT2D eigenvalue weighted by atomic mass is 32.1. The van der Waals surface area contributed by atoms with E-state index in [0.29, 0.717) is 0 Å². The van der Waals surface area contributed by atoms with Gasteiger partial charge in [0.15, 0.2) is 0 Å². The first-order valence-electron chi connectivity index (χ1n) is 8.08. The van der Waals surface area contributed by atoms with Gasteiger partial charge in [-0.15, -0.1) is 21.5 Å². The van der Waals surface area contributed by atoms with Crippen LogP contribution in [0.2, 0.25) is 0 Å². The number of aromatic nitrogens is 3. The summed E-state index contributed by atoms with van der Waals surface area (Å²) in [5, 5.41) is 13.4. The molecule has 2 aliphatic rings. The van der Waals surface area contributed by atoms with Crippen LogP contribution in [0.4, 0.5) is 0 Å². The molecule has 4 rings (SSSR count). The Labute approximate surface area is 133 Å². The molecule has 2 aromatic rings. The van der Waals surface area contributed by atoms with Crippen LogP contribution in [-0.4, -0.2) is 26.7 Å². The minimum absolute atomic E-state index is 0.113. The summed E-state index contributed by atoms with van der Waals surface area (Å²) in [6, 6.07) is 0.230. The van der Waals surface area contributed by atoms with Crippen LogP contribution in [0.3, 0.4) is 0 Å². The summed E-state index contributed by atoms with van der Waals surface area (Å²) in [5.41, 5.74) is 2.22. The Kier molecular flexibility index (Phi) is 3.70. The van der Waals surface area contributed by atoms with E-state index < -0.39 is 0 Å². The first-order valence-corrected chi connectivity index (χ1v) is 8.96. The zero-order valence-corrected chi connectivity index (χ0v) is 13.4. The molecule has 5 nitrogen and oxygen atoms in total. The van der Waals surface area contributed by atoms with Gasteiger partial charge in [0.25, 0.3) is 5.91 Å². The second kappa shape index (κ2) is 5.83. The molecule has 0 fully saturated rings. The predicted molar refractivity (Wildman–Crippen MR) is 85.2 cm³/mol. The summed E-state index contributed by atoms with van der Waals surface area (Å²) < 4.78 is 2.10. The maximum absolute atomic E-state index is 12.6. The number of amides is 1. The van der Waals surface area contributed by atoms with Gasteiger partial charge in [0.1, 0.15) is 12.2 Å². The molecular formula is C16H20N4OS. The van der Waals surface area contributed by atoms with Crippen molar-refractivity contribution in [3.05, 3.63) is 33.5 Å². The van der Waals surface area contributed by atoms with Crippen molar-refractivity contribution < 1.29 is 4.79 Å². The molecule has 1 N–H and O–H groups in total. The fourth-order valence-corrected chi connectivity index (χ4v) is 4.62. The molecule has 0 saturated heterocycles. The van der Waals surface area contributed by atoms with Crippen LogP contribution in [0.5, 0.6) is 0 Å². The molecule has 0 spiro atoms. The SMILES string of the molecule is O=C(NC1CCc2nncn2CC1)c1csc2c1CCCC2. The third kappa shape index (κ3) is 2.56. The van der Waals surface area contributed by atoms with Crippen molar-refractivity contribution in [1.82, 2.24) is 20.1 Å². The fourth-order valence-electron chi connectivity index (χ4n) is 3.49. The molecule has 1 amide bonds. The number of fused-ring (bicyclic) bond motifs is 2. The minimum Gasteiger partial charge on any atom is -0.349 e. The molecule has 3 heterocycles. The highest BCUT2D eigenvalue weighted by molar-refractivity contribution is 7.10. The van der Waals surface area contributed by atoms with Crippen molar-refractivity contribution in [3.8, 4) is 0 Å². The van der Waals surface area contributed by atoms with Crippen LogP contribution in [0, 0.1) is 0 Å². The van der Waals surface area contributed by atoms with Gasteiger partial charge in [0, 0.05) is 29.3 Å². The Morgan fingerprint density at radius 1 is 1.27 bits per heavy atom. The molecule has 6 heteroatoms. The number of nitrogens with one attached hydrogen (secondary N) is 1. The number of hydrogen-bond acceptors (Lipinski definition) is 4. The second-order valence-electron chi connectivity index (χ2n) is 6.20. The van der Waals surface area contributed by atoms with Gasteiger partial charge in [-0.25, -0.2) is 0 Å². The molecule has 1 unspecified atom stereocenters. The molecule has 0 radical (unpaired) electrons. The highest BCUT2D eigenvalue weighted by Crippen LogP contribution is 2.30. The number of carbonyl (C=O) groups excluding carboxylic acids is 1. The van der Waals surface area contributed by atoms with Crippen molar-refractivity contribution >= 4 is 17.2 Å². The van der Waals surface area contributed by atoms with Crippen LogP contribution >= 0.6 is 11.3 Å². The maximum Gasteiger partial charge on any atom is 0.252 e. The van der Waals surface area contributed by atoms with E-state index in [1.807, 2.05) is 0 Å². The van der Waals surface area contributed by atoms with E-state index >= 15 is 0 Å². The first-order chi connectivity index (χ1) is 10.8. The maximum atomic E-state index is 12.6. The van der Waals surface area contributed by atoms with E-state index in [4.69, 9.17) is 0 Å². The van der Waals surface area contributed by atoms with E-state index in [1.54, 1.807) is 17.7 Å². The van der Waals surface area contributed by atoms with Crippen LogP contribution in [-0.2, 0) is 25.8 Å². The number of rotatable bonds is 2. The number of nitrogens with zero attached hydrogens (tertiary/aromatic N) is 3. The molecule has 22 heavy (non-hydrogen) atoms. The highest BCUT2D eigenvalue weighted by Gasteiger charge is 2.23. The smallest absolute Gasteiger partial charge is 0.252 e. The summed E-state index contributed by atoms with van der Waals surface area (Å²) in [6.45, 7) is 0.884. The zero-order chi connectivity index (χ0) is 14.9. The lowest BCUT2D eigenvalue weighted by atomic mass is 9.95. The molecule has 1 aliphatic heterocycles. The van der Waals surface area contributed by atoms with Crippen LogP contribution in [0.15, 0.2) is 11.7 Å². The standard InChI is InChI=1S/C16H20N4OS/c21-16(13-9-22-14-4-2-1-3-12(13)14)18-11-5-6-15-19-17-10-20(15)8-7-11/h9-11H,1-8H2,(H,18,21). The van der Waals surface area contributed by atoms with E-state index in [9.17, 15) is 4.79 Å². The van der Waals surface area contributed by atoms with E-state index in [2.05, 4.69) is 25.5 Å². The molecule has 0 aromatic carbocycles. The van der Waals surface area contributed by atoms with E-state index in [-0.39, 0.29) is 11.9 Å². The lowest BCUT2D eigenvalue weighted by molar-refractivity contribution is 0.0932. The minimum atomic E-state index is 0.113. The molecule has 116 valence electrons. The average molecular weight is 316 g/mol. The summed E-state index contributed by atoms with van der Waals surface area (Å²) in [6.07, 6.45) is 9.23. The van der Waals surface area contributed by atoms with E-state index in [0.717, 1.165) is 50.0 Å². The van der Waals surface area contributed by atoms with Gasteiger partial charge in [0.05, 0.1) is 5.56 Å². The van der Waals surface area contributed by atoms with Gasteiger partial charge in [0.2, 0.25) is 0 Å². The van der Waals surface area contributed by atoms with Crippen molar-refractivity contribution in [2.24, 2.45) is 0 Å². The van der Waals surface area contributed by atoms with Crippen LogP contribution in [0.1, 0.15) is 52.3 Å². The number of aryl methyl sites for hydroxylation is 3. The molecule has 1 atom stereocenters. The fraction of sp³-hybridized carbons (Fsp3) is 0.562. The Hall–Kier alpha value is -1.69. The first kappa shape index (κ1) is 13.9. The average Bonchev–Trinajstić information content (AvgIpc) is 3.12. The van der Waals surface area contributed by atoms with Crippen molar-refractivity contribution in [2.75, 3.05) is 0 Å². The second-order valence-corrected chi connectivity index (χ2v) is 7.16. The van der Waals surface area contributed by atoms with E-state index in [1.165, 1.54) is 23.3 Å². The van der Waals surface area contributed by atoms with Gasteiger partial charge in [-0.2, -0.15) is 0 Å². The zero-order valence-electron chi connectivity index (χ0n) is 12.5. The molecule has 0 saturated carbocycles. The Balaban J connectivity index is 1.44. The van der Waals surface area contributed by atoms with Crippen molar-refractivity contribution in [1.29, 1.82) is 0 Å².